The first-order valence-corrected chi connectivity index (χ1v) is 9.09. The minimum absolute atomic E-state index is 0.0604. The molecule has 0 aromatic carbocycles. The summed E-state index contributed by atoms with van der Waals surface area (Å²) in [5.41, 5.74) is 6.20. The Morgan fingerprint density at radius 3 is 2.95 bits per heavy atom. The van der Waals surface area contributed by atoms with Crippen LogP contribution < -0.4 is 10.5 Å². The van der Waals surface area contributed by atoms with Gasteiger partial charge < -0.3 is 10.7 Å². The lowest BCUT2D eigenvalue weighted by molar-refractivity contribution is 0.552. The van der Waals surface area contributed by atoms with Crippen LogP contribution in [-0.2, 0) is 16.6 Å². The summed E-state index contributed by atoms with van der Waals surface area (Å²) in [6.45, 7) is 2.45. The number of hydrogen-bond donors (Lipinski definition) is 3. The van der Waals surface area contributed by atoms with Crippen LogP contribution >= 0.6 is 11.8 Å². The van der Waals surface area contributed by atoms with Crippen LogP contribution in [0.15, 0.2) is 17.2 Å². The van der Waals surface area contributed by atoms with Gasteiger partial charge in [0.2, 0.25) is 10.0 Å². The second-order valence-corrected chi connectivity index (χ2v) is 8.06. The zero-order valence-electron chi connectivity index (χ0n) is 11.1. The van der Waals surface area contributed by atoms with E-state index >= 15 is 0 Å². The third-order valence-electron chi connectivity index (χ3n) is 3.36. The van der Waals surface area contributed by atoms with E-state index in [9.17, 15) is 8.42 Å². The van der Waals surface area contributed by atoms with Gasteiger partial charge in [-0.3, -0.25) is 0 Å². The summed E-state index contributed by atoms with van der Waals surface area (Å²) in [5, 5.41) is 0.587. The maximum atomic E-state index is 12.2. The number of nitrogens with one attached hydrogen (secondary N) is 2. The lowest BCUT2D eigenvalue weighted by atomic mass is 10.3. The molecular weight excluding hydrogens is 282 g/mol. The lowest BCUT2D eigenvalue weighted by Crippen LogP contribution is -2.33. The molecule has 0 bridgehead atoms. The van der Waals surface area contributed by atoms with E-state index in [4.69, 9.17) is 5.73 Å². The van der Waals surface area contributed by atoms with Gasteiger partial charge in [-0.15, -0.1) is 0 Å². The van der Waals surface area contributed by atoms with E-state index in [1.165, 1.54) is 6.20 Å². The number of nitrogens with two attached hydrogens (primary N) is 1. The van der Waals surface area contributed by atoms with Gasteiger partial charge in [-0.25, -0.2) is 13.1 Å². The van der Waals surface area contributed by atoms with E-state index in [-0.39, 0.29) is 10.9 Å². The van der Waals surface area contributed by atoms with Crippen molar-refractivity contribution in [2.45, 2.75) is 48.9 Å². The van der Waals surface area contributed by atoms with Gasteiger partial charge in [0, 0.05) is 29.7 Å². The molecule has 1 heterocycles. The van der Waals surface area contributed by atoms with E-state index in [0.29, 0.717) is 11.8 Å². The molecule has 2 unspecified atom stereocenters. The van der Waals surface area contributed by atoms with Crippen LogP contribution in [0.4, 0.5) is 0 Å². The molecule has 0 spiro atoms. The predicted molar refractivity (Wildman–Crippen MR) is 78.6 cm³/mol. The van der Waals surface area contributed by atoms with E-state index in [0.717, 1.165) is 30.7 Å². The summed E-state index contributed by atoms with van der Waals surface area (Å²) in [7, 11) is -3.42. The number of thioether (sulfide) groups is 1. The van der Waals surface area contributed by atoms with Gasteiger partial charge in [0.1, 0.15) is 0 Å². The second-order valence-electron chi connectivity index (χ2n) is 4.77. The average molecular weight is 303 g/mol. The second kappa shape index (κ2) is 6.30. The number of hydrogen-bond acceptors (Lipinski definition) is 4. The highest BCUT2D eigenvalue weighted by molar-refractivity contribution is 7.99. The number of aromatic nitrogens is 1. The summed E-state index contributed by atoms with van der Waals surface area (Å²) < 4.78 is 27.2. The molecule has 0 radical (unpaired) electrons. The van der Waals surface area contributed by atoms with Gasteiger partial charge in [0.25, 0.3) is 0 Å². The van der Waals surface area contributed by atoms with Crippen LogP contribution in [0.2, 0.25) is 0 Å². The number of aromatic amines is 1. The van der Waals surface area contributed by atoms with Crippen molar-refractivity contribution in [3.8, 4) is 0 Å². The molecule has 0 saturated heterocycles. The van der Waals surface area contributed by atoms with E-state index < -0.39 is 10.0 Å². The molecule has 1 aliphatic rings. The summed E-state index contributed by atoms with van der Waals surface area (Å²) >= 11 is 1.91. The molecule has 5 nitrogen and oxygen atoms in total. The highest BCUT2D eigenvalue weighted by atomic mass is 32.2. The fraction of sp³-hybridized carbons (Fsp3) is 0.667. The van der Waals surface area contributed by atoms with Gasteiger partial charge in [0.05, 0.1) is 4.90 Å². The van der Waals surface area contributed by atoms with Gasteiger partial charge in [-0.1, -0.05) is 6.92 Å². The van der Waals surface area contributed by atoms with Crippen LogP contribution in [0.5, 0.6) is 0 Å². The lowest BCUT2D eigenvalue weighted by Gasteiger charge is -2.12. The maximum Gasteiger partial charge on any atom is 0.242 e. The maximum absolute atomic E-state index is 12.2. The smallest absolute Gasteiger partial charge is 0.242 e. The highest BCUT2D eigenvalue weighted by Crippen LogP contribution is 2.30. The predicted octanol–water partition coefficient (Wildman–Crippen LogP) is 1.43. The zero-order chi connectivity index (χ0) is 13.9. The molecule has 0 amide bonds. The van der Waals surface area contributed by atoms with E-state index in [2.05, 4.69) is 16.6 Å². The van der Waals surface area contributed by atoms with Gasteiger partial charge in [-0.05, 0) is 31.1 Å². The molecule has 4 N–H and O–H groups in total. The minimum atomic E-state index is -3.42. The third-order valence-corrected chi connectivity index (χ3v) is 6.09. The van der Waals surface area contributed by atoms with Crippen molar-refractivity contribution in [3.05, 3.63) is 18.0 Å². The minimum Gasteiger partial charge on any atom is -0.363 e. The molecule has 2 rings (SSSR count). The molecule has 19 heavy (non-hydrogen) atoms. The molecule has 1 aromatic rings. The summed E-state index contributed by atoms with van der Waals surface area (Å²) in [6, 6.07) is 1.65. The van der Waals surface area contributed by atoms with Crippen molar-refractivity contribution in [2.24, 2.45) is 5.73 Å². The molecule has 2 atom stereocenters. The summed E-state index contributed by atoms with van der Waals surface area (Å²) in [4.78, 5) is 3.14. The molecule has 1 aromatic heterocycles. The zero-order valence-corrected chi connectivity index (χ0v) is 12.7. The Morgan fingerprint density at radius 1 is 1.53 bits per heavy atom. The van der Waals surface area contributed by atoms with Crippen molar-refractivity contribution in [2.75, 3.05) is 5.75 Å². The van der Waals surface area contributed by atoms with Crippen LogP contribution in [-0.4, -0.2) is 30.4 Å². The average Bonchev–Trinajstić information content (AvgIpc) is 2.98. The Morgan fingerprint density at radius 2 is 2.32 bits per heavy atom. The van der Waals surface area contributed by atoms with Crippen LogP contribution in [0.25, 0.3) is 0 Å². The number of sulfonamides is 1. The molecular formula is C12H21N3O2S2. The third kappa shape index (κ3) is 3.75. The fourth-order valence-electron chi connectivity index (χ4n) is 2.41. The first-order valence-electron chi connectivity index (χ1n) is 6.56. The van der Waals surface area contributed by atoms with E-state index in [1.54, 1.807) is 6.07 Å². The topological polar surface area (TPSA) is 88.0 Å². The van der Waals surface area contributed by atoms with Gasteiger partial charge in [-0.2, -0.15) is 11.8 Å². The standard InChI is InChI=1S/C12H21N3O2S2/c1-2-18-11-4-3-9(5-11)15-19(16,17)12-6-10(7-13)14-8-12/h6,8-9,11,14-15H,2-5,7,13H2,1H3. The van der Waals surface area contributed by atoms with Crippen LogP contribution in [0, 0.1) is 0 Å². The quantitative estimate of drug-likeness (QED) is 0.742. The Kier molecular flexibility index (Phi) is 4.94. The molecule has 1 saturated carbocycles. The molecule has 7 heteroatoms. The first kappa shape index (κ1) is 14.9. The van der Waals surface area contributed by atoms with Crippen LogP contribution in [0.3, 0.4) is 0 Å². The van der Waals surface area contributed by atoms with E-state index in [1.807, 2.05) is 11.8 Å². The molecule has 1 fully saturated rings. The van der Waals surface area contributed by atoms with Crippen molar-refractivity contribution in [1.82, 2.24) is 9.71 Å². The fourth-order valence-corrected chi connectivity index (χ4v) is 4.86. The van der Waals surface area contributed by atoms with Gasteiger partial charge >= 0.3 is 0 Å². The van der Waals surface area contributed by atoms with Crippen molar-refractivity contribution in [1.29, 1.82) is 0 Å². The van der Waals surface area contributed by atoms with Crippen molar-refractivity contribution < 1.29 is 8.42 Å². The Hall–Kier alpha value is -0.500. The monoisotopic (exact) mass is 303 g/mol. The Bertz CT molecular complexity index is 513. The Labute approximate surface area is 118 Å². The number of rotatable bonds is 6. The SMILES string of the molecule is CCSC1CCC(NS(=O)(=O)c2c[nH]c(CN)c2)C1. The largest absolute Gasteiger partial charge is 0.363 e. The van der Waals surface area contributed by atoms with Crippen molar-refractivity contribution in [3.63, 3.8) is 0 Å². The van der Waals surface area contributed by atoms with Crippen molar-refractivity contribution >= 4 is 21.8 Å². The number of H-pyrrole nitrogens is 1. The summed E-state index contributed by atoms with van der Waals surface area (Å²) in [5.74, 6) is 1.09. The normalized spacial score (nSPS) is 23.9. The summed E-state index contributed by atoms with van der Waals surface area (Å²) in [6.07, 6.45) is 4.43. The highest BCUT2D eigenvalue weighted by Gasteiger charge is 2.28. The van der Waals surface area contributed by atoms with Crippen LogP contribution in [0.1, 0.15) is 31.9 Å². The molecule has 0 aliphatic heterocycles. The Balaban J connectivity index is 1.98. The van der Waals surface area contributed by atoms with Gasteiger partial charge in [0.15, 0.2) is 0 Å². The molecule has 108 valence electrons. The molecule has 1 aliphatic carbocycles. The first-order chi connectivity index (χ1) is 9.05.